The van der Waals surface area contributed by atoms with Crippen LogP contribution in [-0.2, 0) is 18.7 Å². The Balaban J connectivity index is 2.07. The number of hydrogen-bond donors (Lipinski definition) is 4. The first-order chi connectivity index (χ1) is 16.2. The minimum Gasteiger partial charge on any atom is -0.450 e. The van der Waals surface area contributed by atoms with Gasteiger partial charge in [0.1, 0.15) is 12.2 Å². The Morgan fingerprint density at radius 2 is 1.97 bits per heavy atom. The van der Waals surface area contributed by atoms with Gasteiger partial charge in [0.2, 0.25) is 11.9 Å². The number of aliphatic hydroxyl groups excluding tert-OH is 1. The highest BCUT2D eigenvalue weighted by molar-refractivity contribution is 6.74. The largest absolute Gasteiger partial charge is 0.506 e. The summed E-state index contributed by atoms with van der Waals surface area (Å²) in [6, 6.07) is 0. The smallest absolute Gasteiger partial charge is 0.450 e. The molecule has 0 spiro atoms. The van der Waals surface area contributed by atoms with Crippen LogP contribution in [0.4, 0.5) is 10.7 Å². The third kappa shape index (κ3) is 5.39. The molecule has 1 fully saturated rings. The summed E-state index contributed by atoms with van der Waals surface area (Å²) >= 11 is 0. The van der Waals surface area contributed by atoms with E-state index in [1.54, 1.807) is 13.8 Å². The van der Waals surface area contributed by atoms with Gasteiger partial charge in [0.15, 0.2) is 31.8 Å². The number of carbonyl (C=O) groups is 2. The third-order valence-corrected chi connectivity index (χ3v) is 10.9. The highest BCUT2D eigenvalue weighted by Gasteiger charge is 2.53. The summed E-state index contributed by atoms with van der Waals surface area (Å²) in [5.41, 5.74) is -0.602. The van der Waals surface area contributed by atoms with E-state index in [4.69, 9.17) is 13.9 Å². The molecule has 14 heteroatoms. The van der Waals surface area contributed by atoms with E-state index in [1.807, 2.05) is 33.9 Å². The Kier molecular flexibility index (Phi) is 7.41. The van der Waals surface area contributed by atoms with E-state index in [1.165, 1.54) is 10.9 Å². The molecule has 1 unspecified atom stereocenters. The van der Waals surface area contributed by atoms with Crippen LogP contribution in [0.1, 0.15) is 40.8 Å². The number of carbonyl (C=O) groups excluding carboxylic acids is 1. The standard InChI is InChI=1S/C21H33N5O8Si/c1-10(2)16(28)24-19-23-15-12(17(29)25-19)22-9-26(15)18-14(33-20(30)31)13(11(8-27)32-18)34-35(6,7)21(3,4)5/h9-11,13-14,18,27H,8H2,1-7H3,(H,30,31)(H2,23,24,25,28,29)/t11-,13+,14?,18-/m1/s1. The second-order valence-electron chi connectivity index (χ2n) is 10.3. The average molecular weight is 512 g/mol. The van der Waals surface area contributed by atoms with Crippen molar-refractivity contribution in [1.82, 2.24) is 19.5 Å². The molecule has 1 aliphatic heterocycles. The van der Waals surface area contributed by atoms with E-state index in [-0.39, 0.29) is 34.0 Å². The lowest BCUT2D eigenvalue weighted by Crippen LogP contribution is -2.50. The first-order valence-electron chi connectivity index (χ1n) is 11.3. The normalized spacial score (nSPS) is 23.1. The lowest BCUT2D eigenvalue weighted by atomic mass is 10.1. The Morgan fingerprint density at radius 1 is 1.31 bits per heavy atom. The zero-order chi connectivity index (χ0) is 26.3. The quantitative estimate of drug-likeness (QED) is 0.318. The number of nitrogens with zero attached hydrogens (tertiary/aromatic N) is 3. The molecule has 35 heavy (non-hydrogen) atoms. The maximum Gasteiger partial charge on any atom is 0.506 e. The van der Waals surface area contributed by atoms with Crippen molar-refractivity contribution in [2.75, 3.05) is 11.9 Å². The Hall–Kier alpha value is -2.81. The molecule has 1 aliphatic rings. The van der Waals surface area contributed by atoms with Gasteiger partial charge in [-0.3, -0.25) is 24.5 Å². The molecular weight excluding hydrogens is 478 g/mol. The summed E-state index contributed by atoms with van der Waals surface area (Å²) in [4.78, 5) is 47.1. The van der Waals surface area contributed by atoms with Gasteiger partial charge in [-0.1, -0.05) is 34.6 Å². The first kappa shape index (κ1) is 26.8. The van der Waals surface area contributed by atoms with Crippen LogP contribution >= 0.6 is 0 Å². The van der Waals surface area contributed by atoms with Crippen LogP contribution in [0.2, 0.25) is 18.1 Å². The maximum absolute atomic E-state index is 12.6. The number of carboxylic acid groups (broad SMARTS) is 1. The van der Waals surface area contributed by atoms with Crippen LogP contribution in [0.3, 0.4) is 0 Å². The van der Waals surface area contributed by atoms with Gasteiger partial charge in [-0.25, -0.2) is 9.78 Å². The summed E-state index contributed by atoms with van der Waals surface area (Å²) in [6.07, 6.45) is -4.42. The Bertz CT molecular complexity index is 1150. The van der Waals surface area contributed by atoms with E-state index in [9.17, 15) is 24.6 Å². The van der Waals surface area contributed by atoms with Crippen LogP contribution in [-0.4, -0.2) is 75.0 Å². The van der Waals surface area contributed by atoms with Crippen molar-refractivity contribution in [1.29, 1.82) is 0 Å². The van der Waals surface area contributed by atoms with Gasteiger partial charge < -0.3 is 24.1 Å². The zero-order valence-electron chi connectivity index (χ0n) is 20.9. The van der Waals surface area contributed by atoms with Gasteiger partial charge in [0, 0.05) is 5.92 Å². The molecule has 4 N–H and O–H groups in total. The van der Waals surface area contributed by atoms with Crippen molar-refractivity contribution in [2.24, 2.45) is 5.92 Å². The monoisotopic (exact) mass is 511 g/mol. The molecule has 3 heterocycles. The molecular formula is C21H33N5O8Si. The fraction of sp³-hybridized carbons (Fsp3) is 0.667. The van der Waals surface area contributed by atoms with Gasteiger partial charge in [0.25, 0.3) is 5.56 Å². The number of anilines is 1. The summed E-state index contributed by atoms with van der Waals surface area (Å²) in [6.45, 7) is 13.0. The SMILES string of the molecule is CC(C)C(=O)Nc1nc2c(ncn2[C@@H]2O[C@H](CO)[C@H](O[Si](C)(C)C(C)(C)C)C2OC(=O)O)c(=O)[nH]1. The lowest BCUT2D eigenvalue weighted by molar-refractivity contribution is -0.118. The maximum atomic E-state index is 12.6. The van der Waals surface area contributed by atoms with Gasteiger partial charge in [-0.15, -0.1) is 0 Å². The number of imidazole rings is 1. The van der Waals surface area contributed by atoms with Crippen molar-refractivity contribution in [3.8, 4) is 0 Å². The summed E-state index contributed by atoms with van der Waals surface area (Å²) < 4.78 is 19.0. The molecule has 0 saturated carbocycles. The molecule has 1 saturated heterocycles. The van der Waals surface area contributed by atoms with Crippen LogP contribution < -0.4 is 10.9 Å². The Morgan fingerprint density at radius 3 is 2.51 bits per heavy atom. The lowest BCUT2D eigenvalue weighted by Gasteiger charge is -2.40. The van der Waals surface area contributed by atoms with E-state index in [0.29, 0.717) is 0 Å². The van der Waals surface area contributed by atoms with Gasteiger partial charge in [0.05, 0.1) is 12.9 Å². The topological polar surface area (TPSA) is 178 Å². The number of nitrogens with one attached hydrogen (secondary N) is 2. The summed E-state index contributed by atoms with van der Waals surface area (Å²) in [5.74, 6) is -0.804. The number of amides is 1. The molecule has 0 aliphatic carbocycles. The highest BCUT2D eigenvalue weighted by Crippen LogP contribution is 2.42. The van der Waals surface area contributed by atoms with E-state index >= 15 is 0 Å². The van der Waals surface area contributed by atoms with Gasteiger partial charge in [-0.05, 0) is 18.1 Å². The second-order valence-corrected chi connectivity index (χ2v) is 15.1. The van der Waals surface area contributed by atoms with Crippen LogP contribution in [0, 0.1) is 5.92 Å². The summed E-state index contributed by atoms with van der Waals surface area (Å²) in [5, 5.41) is 21.8. The number of ether oxygens (including phenoxy) is 2. The average Bonchev–Trinajstić information content (AvgIpc) is 3.28. The van der Waals surface area contributed by atoms with Gasteiger partial charge >= 0.3 is 6.16 Å². The number of fused-ring (bicyclic) bond motifs is 1. The minimum absolute atomic E-state index is 0.0421. The number of aromatic amines is 1. The van der Waals surface area contributed by atoms with Crippen molar-refractivity contribution in [3.05, 3.63) is 16.7 Å². The predicted molar refractivity (Wildman–Crippen MR) is 128 cm³/mol. The fourth-order valence-corrected chi connectivity index (χ4v) is 4.73. The van der Waals surface area contributed by atoms with Gasteiger partial charge in [-0.2, -0.15) is 4.98 Å². The van der Waals surface area contributed by atoms with Crippen LogP contribution in [0.5, 0.6) is 0 Å². The molecule has 2 aromatic heterocycles. The second kappa shape index (κ2) is 9.68. The predicted octanol–water partition coefficient (Wildman–Crippen LogP) is 2.06. The molecule has 0 radical (unpaired) electrons. The van der Waals surface area contributed by atoms with Crippen LogP contribution in [0.25, 0.3) is 11.2 Å². The van der Waals surface area contributed by atoms with E-state index in [2.05, 4.69) is 20.3 Å². The molecule has 13 nitrogen and oxygen atoms in total. The number of rotatable bonds is 7. The van der Waals surface area contributed by atoms with E-state index < -0.39 is 51.2 Å². The molecule has 2 aromatic rings. The molecule has 4 atom stereocenters. The molecule has 1 amide bonds. The molecule has 194 valence electrons. The van der Waals surface area contributed by atoms with Crippen molar-refractivity contribution in [2.45, 2.75) is 77.3 Å². The molecule has 0 aromatic carbocycles. The first-order valence-corrected chi connectivity index (χ1v) is 14.2. The third-order valence-electron chi connectivity index (χ3n) is 6.41. The van der Waals surface area contributed by atoms with Crippen molar-refractivity contribution in [3.63, 3.8) is 0 Å². The zero-order valence-corrected chi connectivity index (χ0v) is 21.9. The molecule has 0 bridgehead atoms. The fourth-order valence-electron chi connectivity index (χ4n) is 3.41. The summed E-state index contributed by atoms with van der Waals surface area (Å²) in [7, 11) is -2.44. The highest BCUT2D eigenvalue weighted by atomic mass is 28.4. The number of H-pyrrole nitrogens is 1. The van der Waals surface area contributed by atoms with E-state index in [0.717, 1.165) is 0 Å². The molecule has 3 rings (SSSR count). The Labute approximate surface area is 202 Å². The van der Waals surface area contributed by atoms with Crippen LogP contribution in [0.15, 0.2) is 11.1 Å². The number of hydrogen-bond acceptors (Lipinski definition) is 9. The van der Waals surface area contributed by atoms with Crippen molar-refractivity contribution < 1.29 is 33.7 Å². The number of aliphatic hydroxyl groups is 1. The van der Waals surface area contributed by atoms with Crippen molar-refractivity contribution >= 4 is 37.5 Å². The minimum atomic E-state index is -2.44. The number of aromatic nitrogens is 4.